The summed E-state index contributed by atoms with van der Waals surface area (Å²) in [5.74, 6) is -4.52. The summed E-state index contributed by atoms with van der Waals surface area (Å²) in [4.78, 5) is 111. The van der Waals surface area contributed by atoms with Crippen molar-refractivity contribution < 1.29 is 116 Å². The van der Waals surface area contributed by atoms with Crippen LogP contribution in [-0.2, 0) is 120 Å². The Morgan fingerprint density at radius 1 is 0.600 bits per heavy atom. The molecule has 1 saturated heterocycles. The Bertz CT molecular complexity index is 4830. The highest BCUT2D eigenvalue weighted by Gasteiger charge is 2.54. The van der Waals surface area contributed by atoms with Crippen LogP contribution in [0, 0.1) is 0 Å². The third-order valence-corrected chi connectivity index (χ3v) is 21.5. The fraction of sp³-hybridized carbons (Fsp3) is 0.405. The van der Waals surface area contributed by atoms with E-state index in [-0.39, 0.29) is 101 Å². The van der Waals surface area contributed by atoms with E-state index in [0.717, 1.165) is 73.2 Å². The number of aliphatic imine (C=N–C) groups is 2. The van der Waals surface area contributed by atoms with E-state index in [2.05, 4.69) is 27.5 Å². The van der Waals surface area contributed by atoms with Crippen LogP contribution in [0.3, 0.4) is 0 Å². The smallest absolute Gasteiger partial charge is 0.493 e. The van der Waals surface area contributed by atoms with Crippen LogP contribution in [0.2, 0.25) is 0 Å². The third kappa shape index (κ3) is 21.6. The Kier molecular flexibility index (Phi) is 27.4. The molecule has 5 aliphatic heterocycles. The second kappa shape index (κ2) is 37.8. The zero-order valence-corrected chi connectivity index (χ0v) is 66.7. The van der Waals surface area contributed by atoms with Gasteiger partial charge in [0, 0.05) is 123 Å². The maximum absolute atomic E-state index is 14.3. The fourth-order valence-corrected chi connectivity index (χ4v) is 16.4. The van der Waals surface area contributed by atoms with Gasteiger partial charge in [-0.05, 0) is 123 Å². The van der Waals surface area contributed by atoms with Gasteiger partial charge in [-0.2, -0.15) is 0 Å². The number of fused-ring (bicyclic) bond motifs is 6. The topological polar surface area (TPSA) is 384 Å². The largest absolute Gasteiger partial charge is 0.501 e. The molecule has 5 aliphatic rings. The summed E-state index contributed by atoms with van der Waals surface area (Å²) < 4.78 is 116. The normalized spacial score (nSPS) is 18.6. The molecule has 0 spiro atoms. The molecule has 0 radical (unpaired) electrons. The number of benzene rings is 5. The first-order valence-corrected chi connectivity index (χ1v) is 39.7. The monoisotopic (exact) mass is 1640 g/mol. The molecule has 7 heterocycles. The maximum Gasteiger partial charge on any atom is 0.501 e. The summed E-state index contributed by atoms with van der Waals surface area (Å²) in [6.45, 7) is 6.74. The van der Waals surface area contributed by atoms with Crippen molar-refractivity contribution in [1.82, 2.24) is 15.1 Å². The first-order chi connectivity index (χ1) is 55.3. The molecule has 5 aromatic carbocycles. The second-order valence-corrected chi connectivity index (χ2v) is 31.0. The van der Waals surface area contributed by atoms with Crippen molar-refractivity contribution in [2.75, 3.05) is 87.7 Å². The molecule has 7 aromatic rings. The number of amides is 3. The van der Waals surface area contributed by atoms with Crippen molar-refractivity contribution in [2.45, 2.75) is 123 Å². The van der Waals surface area contributed by atoms with Crippen LogP contribution in [0.1, 0.15) is 102 Å². The minimum absolute atomic E-state index is 0.0203. The molecule has 2 aromatic heterocycles. The van der Waals surface area contributed by atoms with Gasteiger partial charge in [0.15, 0.2) is 46.7 Å². The number of hydrogen-bond acceptors (Lipinski definition) is 29. The van der Waals surface area contributed by atoms with Gasteiger partial charge in [-0.1, -0.05) is 5.11 Å². The van der Waals surface area contributed by atoms with Crippen molar-refractivity contribution in [3.05, 3.63) is 178 Å². The van der Waals surface area contributed by atoms with Crippen LogP contribution in [0.4, 0.5) is 11.4 Å². The maximum atomic E-state index is 14.3. The molecule has 0 aliphatic carbocycles. The minimum atomic E-state index is -5.19. The number of nitrogens with zero attached hydrogens (tertiary/aromatic N) is 8. The van der Waals surface area contributed by atoms with E-state index in [1.807, 2.05) is 65.3 Å². The predicted octanol–water partition coefficient (Wildman–Crippen LogP) is 9.58. The lowest BCUT2D eigenvalue weighted by atomic mass is 9.98. The molecule has 115 heavy (non-hydrogen) atoms. The molecule has 1 N–H and O–H groups in total. The van der Waals surface area contributed by atoms with Crippen molar-refractivity contribution in [3.8, 4) is 40.2 Å². The summed E-state index contributed by atoms with van der Waals surface area (Å²) in [6, 6.07) is 26.1. The van der Waals surface area contributed by atoms with E-state index in [4.69, 9.17) is 85.5 Å². The van der Waals surface area contributed by atoms with Gasteiger partial charge in [-0.3, -0.25) is 43.5 Å². The van der Waals surface area contributed by atoms with Crippen LogP contribution in [0.15, 0.2) is 123 Å². The standard InChI is InChI=1S/C79H85N9O24S3/c1-46(89)103-45-70-73(106-47(2)90)74(107-48(3)91)75(108-49(4)92)79(110-70)109-64-14-11-54(76(93)81-17-19-100-21-23-102-24-22-101-20-18-84-85-80)30-69(64)112-115(96,97)111-59-12-9-50(10-13-59)41-88(5,6)42-51-27-52(43-104-67-35-62-60(33-65(67)98-7)77(94)86-39-55-15-25-113-71(55)31-57(86)37-82-62)29-53(28-51)44-105-68-36-63-61(34-66(68)99-8)78(95)87-40-56-16-26-114-72(56)32-58(87)38-83-63/h9-16,25-30,33-38,57-58,70,73-75,79H,17-24,31-32,39-45H2,1-8H3/p+1/t57-,58-,70+,73-,74-,75+,79?/m0/s1. The van der Waals surface area contributed by atoms with E-state index in [9.17, 15) is 42.0 Å². The number of nitrogens with one attached hydrogen (secondary N) is 1. The number of ether oxygens (including phenoxy) is 13. The van der Waals surface area contributed by atoms with Gasteiger partial charge >= 0.3 is 34.3 Å². The van der Waals surface area contributed by atoms with Crippen molar-refractivity contribution >= 4 is 98.5 Å². The zero-order chi connectivity index (χ0) is 81.5. The minimum Gasteiger partial charge on any atom is -0.493 e. The fourth-order valence-electron chi connectivity index (χ4n) is 13.7. The van der Waals surface area contributed by atoms with Crippen molar-refractivity contribution in [2.24, 2.45) is 15.1 Å². The third-order valence-electron chi connectivity index (χ3n) is 18.8. The van der Waals surface area contributed by atoms with Gasteiger partial charge in [0.2, 0.25) is 12.4 Å². The second-order valence-electron chi connectivity index (χ2n) is 27.8. The molecule has 0 saturated carbocycles. The van der Waals surface area contributed by atoms with Crippen LogP contribution in [0.25, 0.3) is 10.4 Å². The first kappa shape index (κ1) is 83.2. The number of carbonyl (C=O) groups excluding carboxylic acids is 7. The SMILES string of the molecule is COc1cc2c(cc1OCc1cc(COc3cc4c(cc3OC)C(=O)N3Cc5ccsc5C[C@H]3C=N4)cc(C[N+](C)(C)Cc3ccc(OS(=O)(=O)Oc4cc(C(=O)NCCOCCOCCOCCN=[N+]=[N-])ccc4OC4O[C@H](COC(C)=O)[C@H](OC(C)=O)[C@H](OC(C)=O)[C@H]4OC(C)=O)cc3)c1)N=C[C@@H]1Cc3sccc3CN1C2=O. The number of carbonyl (C=O) groups is 7. The Morgan fingerprint density at radius 2 is 1.13 bits per heavy atom. The van der Waals surface area contributed by atoms with Crippen LogP contribution in [-0.4, -0.2) is 207 Å². The molecule has 0 bridgehead atoms. The number of methoxy groups -OCH3 is 2. The van der Waals surface area contributed by atoms with Gasteiger partial charge in [-0.15, -0.1) is 31.1 Å². The predicted molar refractivity (Wildman–Crippen MR) is 415 cm³/mol. The van der Waals surface area contributed by atoms with Gasteiger partial charge in [0.1, 0.15) is 44.8 Å². The average Bonchev–Trinajstić information content (AvgIpc) is 1.68. The van der Waals surface area contributed by atoms with E-state index in [1.54, 1.807) is 59.1 Å². The van der Waals surface area contributed by atoms with Crippen molar-refractivity contribution in [1.29, 1.82) is 0 Å². The van der Waals surface area contributed by atoms with E-state index < -0.39 is 89.0 Å². The molecule has 3 amide bonds. The highest BCUT2D eigenvalue weighted by molar-refractivity contribution is 7.82. The first-order valence-electron chi connectivity index (χ1n) is 36.6. The summed E-state index contributed by atoms with van der Waals surface area (Å²) in [5.41, 5.74) is 15.3. The molecular weight excluding hydrogens is 1560 g/mol. The molecule has 7 atom stereocenters. The van der Waals surface area contributed by atoms with E-state index >= 15 is 0 Å². The summed E-state index contributed by atoms with van der Waals surface area (Å²) in [5, 5.41) is 10.1. The number of hydrogen-bond donors (Lipinski definition) is 1. The molecular formula is C79H86N9O24S3+. The molecule has 33 nitrogen and oxygen atoms in total. The van der Waals surface area contributed by atoms with Gasteiger partial charge in [-0.25, -0.2) is 0 Å². The van der Waals surface area contributed by atoms with Crippen LogP contribution in [0.5, 0.6) is 40.2 Å². The number of azide groups is 1. The van der Waals surface area contributed by atoms with Crippen LogP contribution < -0.4 is 37.4 Å². The molecule has 1 fully saturated rings. The summed E-state index contributed by atoms with van der Waals surface area (Å²) in [6.07, 6.45) is -3.38. The van der Waals surface area contributed by atoms with Gasteiger partial charge in [0.05, 0.1) is 103 Å². The van der Waals surface area contributed by atoms with E-state index in [1.165, 1.54) is 42.2 Å². The molecule has 12 rings (SSSR count). The lowest BCUT2D eigenvalue weighted by Gasteiger charge is -2.43. The highest BCUT2D eigenvalue weighted by Crippen LogP contribution is 2.43. The Balaban J connectivity index is 0.769. The average molecular weight is 1640 g/mol. The Hall–Kier alpha value is -11.2. The highest BCUT2D eigenvalue weighted by atomic mass is 32.3. The van der Waals surface area contributed by atoms with E-state index in [0.29, 0.717) is 89.0 Å². The Morgan fingerprint density at radius 3 is 1.68 bits per heavy atom. The number of quaternary nitrogens is 1. The molecule has 36 heteroatoms. The molecule has 608 valence electrons. The summed E-state index contributed by atoms with van der Waals surface area (Å²) in [7, 11) is 1.87. The lowest BCUT2D eigenvalue weighted by molar-refractivity contribution is -0.916. The van der Waals surface area contributed by atoms with Gasteiger partial charge < -0.3 is 89.5 Å². The summed E-state index contributed by atoms with van der Waals surface area (Å²) >= 11 is 3.34. The Labute approximate surface area is 670 Å². The number of rotatable bonds is 36. The van der Waals surface area contributed by atoms with Crippen molar-refractivity contribution in [3.63, 3.8) is 0 Å². The van der Waals surface area contributed by atoms with Crippen LogP contribution >= 0.6 is 22.7 Å². The van der Waals surface area contributed by atoms with Gasteiger partial charge in [0.25, 0.3) is 17.7 Å². The zero-order valence-electron chi connectivity index (χ0n) is 64.2. The lowest BCUT2D eigenvalue weighted by Crippen LogP contribution is -2.63. The number of esters is 4. The number of thiophene rings is 2. The molecule has 1 unspecified atom stereocenters. The quantitative estimate of drug-likeness (QED) is 0.00726.